The van der Waals surface area contributed by atoms with Crippen molar-refractivity contribution in [2.45, 2.75) is 32.6 Å². The molecule has 1 unspecified atom stereocenters. The highest BCUT2D eigenvalue weighted by Gasteiger charge is 2.18. The van der Waals surface area contributed by atoms with Gasteiger partial charge in [0, 0.05) is 5.92 Å². The van der Waals surface area contributed by atoms with Gasteiger partial charge in [-0.2, -0.15) is 0 Å². The summed E-state index contributed by atoms with van der Waals surface area (Å²) in [6, 6.07) is 3.76. The van der Waals surface area contributed by atoms with Gasteiger partial charge in [0.25, 0.3) is 0 Å². The van der Waals surface area contributed by atoms with Crippen LogP contribution in [-0.2, 0) is 0 Å². The average Bonchev–Trinajstić information content (AvgIpc) is 2.47. The van der Waals surface area contributed by atoms with E-state index < -0.39 is 0 Å². The highest BCUT2D eigenvalue weighted by Crippen LogP contribution is 2.37. The molecule has 0 radical (unpaired) electrons. The first-order valence-corrected chi connectivity index (χ1v) is 5.14. The molecule has 1 aromatic rings. The summed E-state index contributed by atoms with van der Waals surface area (Å²) in [6.07, 6.45) is 4.37. The van der Waals surface area contributed by atoms with E-state index in [2.05, 4.69) is 32.9 Å². The standard InChI is InChI=1S/C13H16O/c1-8(2)12-6-10(14)7-13-9(3)4-5-11(12)13/h4-9,14H,1-3H3. The summed E-state index contributed by atoms with van der Waals surface area (Å²) in [4.78, 5) is 0. The number of aromatic hydroxyl groups is 1. The van der Waals surface area contributed by atoms with E-state index in [1.807, 2.05) is 12.1 Å². The third-order valence-electron chi connectivity index (χ3n) is 2.89. The van der Waals surface area contributed by atoms with Gasteiger partial charge in [0.05, 0.1) is 0 Å². The van der Waals surface area contributed by atoms with Gasteiger partial charge in [-0.25, -0.2) is 0 Å². The Bertz CT molecular complexity index is 388. The molecule has 74 valence electrons. The van der Waals surface area contributed by atoms with Crippen molar-refractivity contribution in [3.05, 3.63) is 34.9 Å². The molecule has 0 saturated carbocycles. The summed E-state index contributed by atoms with van der Waals surface area (Å²) in [5.74, 6) is 1.29. The van der Waals surface area contributed by atoms with Crippen molar-refractivity contribution in [1.82, 2.24) is 0 Å². The molecular formula is C13H16O. The Labute approximate surface area is 85.1 Å². The number of phenols is 1. The van der Waals surface area contributed by atoms with Gasteiger partial charge in [-0.05, 0) is 34.7 Å². The van der Waals surface area contributed by atoms with Crippen molar-refractivity contribution >= 4 is 6.08 Å². The van der Waals surface area contributed by atoms with Crippen LogP contribution in [-0.4, -0.2) is 5.11 Å². The lowest BCUT2D eigenvalue weighted by Crippen LogP contribution is -1.95. The third-order valence-corrected chi connectivity index (χ3v) is 2.89. The van der Waals surface area contributed by atoms with Gasteiger partial charge in [0.15, 0.2) is 0 Å². The molecule has 1 nitrogen and oxygen atoms in total. The van der Waals surface area contributed by atoms with Gasteiger partial charge >= 0.3 is 0 Å². The fraction of sp³-hybridized carbons (Fsp3) is 0.385. The van der Waals surface area contributed by atoms with Gasteiger partial charge in [0.1, 0.15) is 5.75 Å². The quantitative estimate of drug-likeness (QED) is 0.713. The van der Waals surface area contributed by atoms with E-state index >= 15 is 0 Å². The first-order chi connectivity index (χ1) is 6.59. The second-order valence-corrected chi connectivity index (χ2v) is 4.34. The van der Waals surface area contributed by atoms with Crippen LogP contribution in [0.15, 0.2) is 18.2 Å². The van der Waals surface area contributed by atoms with Crippen LogP contribution >= 0.6 is 0 Å². The van der Waals surface area contributed by atoms with Crippen LogP contribution in [0.25, 0.3) is 6.08 Å². The molecule has 1 aromatic carbocycles. The molecule has 0 heterocycles. The predicted molar refractivity (Wildman–Crippen MR) is 59.6 cm³/mol. The number of phenolic OH excluding ortho intramolecular Hbond substituents is 1. The topological polar surface area (TPSA) is 20.2 Å². The van der Waals surface area contributed by atoms with Gasteiger partial charge in [0.2, 0.25) is 0 Å². The molecule has 0 fully saturated rings. The first kappa shape index (κ1) is 9.32. The zero-order valence-corrected chi connectivity index (χ0v) is 8.91. The molecule has 0 aliphatic heterocycles. The Balaban J connectivity index is 2.62. The molecule has 0 aromatic heterocycles. The predicted octanol–water partition coefficient (Wildman–Crippen LogP) is 3.65. The van der Waals surface area contributed by atoms with Gasteiger partial charge in [-0.15, -0.1) is 0 Å². The molecule has 0 saturated heterocycles. The number of hydrogen-bond donors (Lipinski definition) is 1. The average molecular weight is 188 g/mol. The summed E-state index contributed by atoms with van der Waals surface area (Å²) in [6.45, 7) is 6.48. The van der Waals surface area contributed by atoms with E-state index in [1.54, 1.807) is 0 Å². The van der Waals surface area contributed by atoms with Crippen molar-refractivity contribution in [2.24, 2.45) is 0 Å². The van der Waals surface area contributed by atoms with Crippen LogP contribution in [0, 0.1) is 0 Å². The second-order valence-electron chi connectivity index (χ2n) is 4.34. The smallest absolute Gasteiger partial charge is 0.116 e. The van der Waals surface area contributed by atoms with Gasteiger partial charge < -0.3 is 5.11 Å². The maximum Gasteiger partial charge on any atom is 0.116 e. The summed E-state index contributed by atoms with van der Waals surface area (Å²) in [5, 5.41) is 9.62. The van der Waals surface area contributed by atoms with E-state index in [-0.39, 0.29) is 0 Å². The number of allylic oxidation sites excluding steroid dienone is 1. The molecule has 1 atom stereocenters. The minimum atomic E-state index is 0.392. The molecule has 1 aliphatic rings. The van der Waals surface area contributed by atoms with E-state index in [4.69, 9.17) is 0 Å². The summed E-state index contributed by atoms with van der Waals surface area (Å²) in [7, 11) is 0. The fourth-order valence-electron chi connectivity index (χ4n) is 2.07. The number of rotatable bonds is 1. The van der Waals surface area contributed by atoms with Gasteiger partial charge in [-0.3, -0.25) is 0 Å². The summed E-state index contributed by atoms with van der Waals surface area (Å²) in [5.41, 5.74) is 3.82. The minimum Gasteiger partial charge on any atom is -0.508 e. The Hall–Kier alpha value is -1.24. The highest BCUT2D eigenvalue weighted by molar-refractivity contribution is 5.67. The van der Waals surface area contributed by atoms with E-state index in [1.165, 1.54) is 16.7 Å². The fourth-order valence-corrected chi connectivity index (χ4v) is 2.07. The van der Waals surface area contributed by atoms with Gasteiger partial charge in [-0.1, -0.05) is 32.9 Å². The van der Waals surface area contributed by atoms with E-state index in [9.17, 15) is 5.11 Å². The van der Waals surface area contributed by atoms with E-state index in [0.717, 1.165) is 0 Å². The molecule has 0 amide bonds. The van der Waals surface area contributed by atoms with E-state index in [0.29, 0.717) is 17.6 Å². The number of benzene rings is 1. The first-order valence-electron chi connectivity index (χ1n) is 5.14. The Morgan fingerprint density at radius 1 is 1.29 bits per heavy atom. The van der Waals surface area contributed by atoms with Crippen molar-refractivity contribution in [3.8, 4) is 5.75 Å². The molecule has 0 spiro atoms. The SMILES string of the molecule is CC(C)c1cc(O)cc2c1C=CC2C. The van der Waals surface area contributed by atoms with Crippen LogP contribution in [0.2, 0.25) is 0 Å². The minimum absolute atomic E-state index is 0.392. The van der Waals surface area contributed by atoms with Crippen LogP contribution < -0.4 is 0 Å². The van der Waals surface area contributed by atoms with Crippen LogP contribution in [0.1, 0.15) is 49.3 Å². The largest absolute Gasteiger partial charge is 0.508 e. The lowest BCUT2D eigenvalue weighted by atomic mass is 9.92. The Kier molecular flexibility index (Phi) is 2.10. The lowest BCUT2D eigenvalue weighted by molar-refractivity contribution is 0.473. The highest BCUT2D eigenvalue weighted by atomic mass is 16.3. The zero-order chi connectivity index (χ0) is 10.3. The van der Waals surface area contributed by atoms with Crippen LogP contribution in [0.3, 0.4) is 0 Å². The van der Waals surface area contributed by atoms with Crippen molar-refractivity contribution in [1.29, 1.82) is 0 Å². The zero-order valence-electron chi connectivity index (χ0n) is 8.91. The molecular weight excluding hydrogens is 172 g/mol. The molecule has 14 heavy (non-hydrogen) atoms. The Morgan fingerprint density at radius 2 is 2.00 bits per heavy atom. The van der Waals surface area contributed by atoms with Crippen LogP contribution in [0.5, 0.6) is 5.75 Å². The lowest BCUT2D eigenvalue weighted by Gasteiger charge is -2.13. The Morgan fingerprint density at radius 3 is 2.64 bits per heavy atom. The maximum absolute atomic E-state index is 9.62. The second kappa shape index (κ2) is 3.16. The third kappa shape index (κ3) is 1.33. The van der Waals surface area contributed by atoms with Crippen LogP contribution in [0.4, 0.5) is 0 Å². The maximum atomic E-state index is 9.62. The molecule has 0 bridgehead atoms. The molecule has 1 aliphatic carbocycles. The number of fused-ring (bicyclic) bond motifs is 1. The summed E-state index contributed by atoms with van der Waals surface area (Å²) >= 11 is 0. The molecule has 2 rings (SSSR count). The van der Waals surface area contributed by atoms with Crippen molar-refractivity contribution < 1.29 is 5.11 Å². The molecule has 1 N–H and O–H groups in total. The normalized spacial score (nSPS) is 19.0. The number of hydrogen-bond acceptors (Lipinski definition) is 1. The van der Waals surface area contributed by atoms with Crippen molar-refractivity contribution in [3.63, 3.8) is 0 Å². The monoisotopic (exact) mass is 188 g/mol. The summed E-state index contributed by atoms with van der Waals surface area (Å²) < 4.78 is 0. The van der Waals surface area contributed by atoms with Crippen molar-refractivity contribution in [2.75, 3.05) is 0 Å². The molecule has 1 heteroatoms.